The Morgan fingerprint density at radius 2 is 1.56 bits per heavy atom. The molecule has 0 saturated heterocycles. The first-order valence-corrected chi connectivity index (χ1v) is 6.15. The molecule has 0 aromatic heterocycles. The summed E-state index contributed by atoms with van der Waals surface area (Å²) in [6.45, 7) is 5.59. The number of hydrogen-bond acceptors (Lipinski definition) is 2. The molecule has 0 unspecified atom stereocenters. The Balaban J connectivity index is 2.21. The first kappa shape index (κ1) is 13.0. The van der Waals surface area contributed by atoms with E-state index in [0.29, 0.717) is 6.61 Å². The molecule has 0 saturated carbocycles. The number of unbranched alkanes of at least 4 members (excludes halogenated alkanes) is 3. The van der Waals surface area contributed by atoms with Crippen molar-refractivity contribution in [3.63, 3.8) is 0 Å². The van der Waals surface area contributed by atoms with E-state index in [0.717, 1.165) is 19.4 Å². The highest BCUT2D eigenvalue weighted by Crippen LogP contribution is 2.13. The van der Waals surface area contributed by atoms with Gasteiger partial charge in [0.2, 0.25) is 0 Å². The van der Waals surface area contributed by atoms with Gasteiger partial charge in [-0.25, -0.2) is 0 Å². The van der Waals surface area contributed by atoms with Crippen molar-refractivity contribution < 1.29 is 5.11 Å². The fourth-order valence-electron chi connectivity index (χ4n) is 1.90. The zero-order chi connectivity index (χ0) is 11.8. The molecule has 0 aliphatic heterocycles. The van der Waals surface area contributed by atoms with Gasteiger partial charge in [0.15, 0.2) is 0 Å². The van der Waals surface area contributed by atoms with Crippen LogP contribution in [-0.4, -0.2) is 18.3 Å². The molecule has 0 amide bonds. The monoisotopic (exact) mass is 221 g/mol. The Morgan fingerprint density at radius 3 is 2.19 bits per heavy atom. The minimum atomic E-state index is 0.324. The normalized spacial score (nSPS) is 10.4. The predicted octanol–water partition coefficient (Wildman–Crippen LogP) is 3.27. The van der Waals surface area contributed by atoms with Gasteiger partial charge in [-0.05, 0) is 49.9 Å². The van der Waals surface area contributed by atoms with Gasteiger partial charge in [0.1, 0.15) is 0 Å². The van der Waals surface area contributed by atoms with Crippen LogP contribution in [0, 0.1) is 13.8 Å². The lowest BCUT2D eigenvalue weighted by molar-refractivity contribution is 0.283. The summed E-state index contributed by atoms with van der Waals surface area (Å²) in [6, 6.07) is 6.55. The van der Waals surface area contributed by atoms with E-state index in [1.54, 1.807) is 0 Å². The third-order valence-electron chi connectivity index (χ3n) is 2.64. The molecular weight excluding hydrogens is 198 g/mol. The van der Waals surface area contributed by atoms with Crippen LogP contribution in [0.4, 0.5) is 5.69 Å². The third-order valence-corrected chi connectivity index (χ3v) is 2.64. The molecule has 2 nitrogen and oxygen atoms in total. The van der Waals surface area contributed by atoms with Crippen LogP contribution >= 0.6 is 0 Å². The second kappa shape index (κ2) is 7.29. The maximum absolute atomic E-state index is 8.65. The second-order valence-electron chi connectivity index (χ2n) is 4.44. The van der Waals surface area contributed by atoms with Crippen molar-refractivity contribution in [3.8, 4) is 0 Å². The number of rotatable bonds is 7. The molecule has 0 bridgehead atoms. The predicted molar refractivity (Wildman–Crippen MR) is 70.0 cm³/mol. The largest absolute Gasteiger partial charge is 0.396 e. The lowest BCUT2D eigenvalue weighted by Gasteiger charge is -2.08. The van der Waals surface area contributed by atoms with Crippen molar-refractivity contribution in [1.29, 1.82) is 0 Å². The van der Waals surface area contributed by atoms with Crippen molar-refractivity contribution in [2.45, 2.75) is 39.5 Å². The summed E-state index contributed by atoms with van der Waals surface area (Å²) in [5.74, 6) is 0. The molecule has 1 aromatic carbocycles. The van der Waals surface area contributed by atoms with Crippen LogP contribution in [0.3, 0.4) is 0 Å². The van der Waals surface area contributed by atoms with Crippen molar-refractivity contribution in [2.24, 2.45) is 0 Å². The SMILES string of the molecule is Cc1cc(C)cc(NCCCCCCO)c1. The van der Waals surface area contributed by atoms with E-state index >= 15 is 0 Å². The van der Waals surface area contributed by atoms with Gasteiger partial charge in [0.25, 0.3) is 0 Å². The minimum Gasteiger partial charge on any atom is -0.396 e. The molecule has 16 heavy (non-hydrogen) atoms. The number of hydrogen-bond donors (Lipinski definition) is 2. The molecule has 1 rings (SSSR count). The first-order valence-electron chi connectivity index (χ1n) is 6.15. The standard InChI is InChI=1S/C14H23NO/c1-12-9-13(2)11-14(10-12)15-7-5-3-4-6-8-16/h9-11,15-16H,3-8H2,1-2H3. The molecule has 1 aromatic rings. The minimum absolute atomic E-state index is 0.324. The number of aryl methyl sites for hydroxylation is 2. The van der Waals surface area contributed by atoms with Gasteiger partial charge >= 0.3 is 0 Å². The molecule has 0 atom stereocenters. The van der Waals surface area contributed by atoms with Crippen LogP contribution in [0.5, 0.6) is 0 Å². The fraction of sp³-hybridized carbons (Fsp3) is 0.571. The molecular formula is C14H23NO. The maximum Gasteiger partial charge on any atom is 0.0431 e. The molecule has 2 N–H and O–H groups in total. The van der Waals surface area contributed by atoms with Crippen LogP contribution in [0.25, 0.3) is 0 Å². The Labute approximate surface area is 98.7 Å². The van der Waals surface area contributed by atoms with Gasteiger partial charge < -0.3 is 10.4 Å². The van der Waals surface area contributed by atoms with E-state index in [1.165, 1.54) is 29.7 Å². The van der Waals surface area contributed by atoms with Gasteiger partial charge in [0, 0.05) is 18.8 Å². The summed E-state index contributed by atoms with van der Waals surface area (Å²) >= 11 is 0. The highest BCUT2D eigenvalue weighted by Gasteiger charge is 1.95. The van der Waals surface area contributed by atoms with E-state index in [-0.39, 0.29) is 0 Å². The number of nitrogens with one attached hydrogen (secondary N) is 1. The van der Waals surface area contributed by atoms with Crippen LogP contribution in [0.15, 0.2) is 18.2 Å². The highest BCUT2D eigenvalue weighted by molar-refractivity contribution is 5.48. The lowest BCUT2D eigenvalue weighted by atomic mass is 10.1. The number of aliphatic hydroxyl groups is 1. The molecule has 0 heterocycles. The fourth-order valence-corrected chi connectivity index (χ4v) is 1.90. The molecule has 0 fully saturated rings. The second-order valence-corrected chi connectivity index (χ2v) is 4.44. The Kier molecular flexibility index (Phi) is 5.94. The van der Waals surface area contributed by atoms with E-state index in [2.05, 4.69) is 37.4 Å². The molecule has 0 aliphatic rings. The Bertz CT molecular complexity index is 289. The number of aliphatic hydroxyl groups excluding tert-OH is 1. The highest BCUT2D eigenvalue weighted by atomic mass is 16.2. The van der Waals surface area contributed by atoms with Crippen LogP contribution in [0.1, 0.15) is 36.8 Å². The van der Waals surface area contributed by atoms with Gasteiger partial charge in [-0.2, -0.15) is 0 Å². The van der Waals surface area contributed by atoms with Crippen molar-refractivity contribution in [2.75, 3.05) is 18.5 Å². The van der Waals surface area contributed by atoms with Crippen LogP contribution in [0.2, 0.25) is 0 Å². The molecule has 0 aliphatic carbocycles. The molecule has 0 radical (unpaired) electrons. The van der Waals surface area contributed by atoms with Gasteiger partial charge in [-0.1, -0.05) is 18.9 Å². The van der Waals surface area contributed by atoms with E-state index in [9.17, 15) is 0 Å². The Morgan fingerprint density at radius 1 is 0.938 bits per heavy atom. The summed E-state index contributed by atoms with van der Waals surface area (Å²) in [6.07, 6.45) is 4.43. The number of benzene rings is 1. The smallest absolute Gasteiger partial charge is 0.0431 e. The molecule has 0 spiro atoms. The van der Waals surface area contributed by atoms with E-state index in [1.807, 2.05) is 0 Å². The van der Waals surface area contributed by atoms with Gasteiger partial charge in [-0.3, -0.25) is 0 Å². The van der Waals surface area contributed by atoms with Crippen LogP contribution < -0.4 is 5.32 Å². The zero-order valence-corrected chi connectivity index (χ0v) is 10.4. The third kappa shape index (κ3) is 5.17. The summed E-state index contributed by atoms with van der Waals surface area (Å²) < 4.78 is 0. The average molecular weight is 221 g/mol. The number of anilines is 1. The van der Waals surface area contributed by atoms with Crippen molar-refractivity contribution in [1.82, 2.24) is 0 Å². The molecule has 2 heteroatoms. The van der Waals surface area contributed by atoms with Crippen molar-refractivity contribution in [3.05, 3.63) is 29.3 Å². The average Bonchev–Trinajstić information content (AvgIpc) is 2.22. The topological polar surface area (TPSA) is 32.3 Å². The van der Waals surface area contributed by atoms with E-state index < -0.39 is 0 Å². The van der Waals surface area contributed by atoms with E-state index in [4.69, 9.17) is 5.11 Å². The first-order chi connectivity index (χ1) is 7.72. The maximum atomic E-state index is 8.65. The summed E-state index contributed by atoms with van der Waals surface area (Å²) in [4.78, 5) is 0. The quantitative estimate of drug-likeness (QED) is 0.693. The Hall–Kier alpha value is -1.02. The zero-order valence-electron chi connectivity index (χ0n) is 10.4. The summed E-state index contributed by atoms with van der Waals surface area (Å²) in [7, 11) is 0. The molecule has 90 valence electrons. The van der Waals surface area contributed by atoms with Gasteiger partial charge in [-0.15, -0.1) is 0 Å². The van der Waals surface area contributed by atoms with Crippen LogP contribution in [-0.2, 0) is 0 Å². The van der Waals surface area contributed by atoms with Gasteiger partial charge in [0.05, 0.1) is 0 Å². The summed E-state index contributed by atoms with van der Waals surface area (Å²) in [5, 5.41) is 12.1. The van der Waals surface area contributed by atoms with Crippen molar-refractivity contribution >= 4 is 5.69 Å². The lowest BCUT2D eigenvalue weighted by Crippen LogP contribution is -2.02. The summed E-state index contributed by atoms with van der Waals surface area (Å²) in [5.41, 5.74) is 3.84.